The summed E-state index contributed by atoms with van der Waals surface area (Å²) in [4.78, 5) is 11.6. The van der Waals surface area contributed by atoms with E-state index in [0.717, 1.165) is 6.07 Å². The van der Waals surface area contributed by atoms with E-state index in [9.17, 15) is 18.0 Å². The Morgan fingerprint density at radius 1 is 1.47 bits per heavy atom. The maximum Gasteiger partial charge on any atom is 0.418 e. The van der Waals surface area contributed by atoms with E-state index in [1.165, 1.54) is 24.1 Å². The Bertz CT molecular complexity index is 521. The van der Waals surface area contributed by atoms with Gasteiger partial charge in [-0.1, -0.05) is 0 Å². The zero-order chi connectivity index (χ0) is 14.6. The lowest BCUT2D eigenvalue weighted by atomic mass is 10.1. The van der Waals surface area contributed by atoms with Gasteiger partial charge in [0.1, 0.15) is 0 Å². The van der Waals surface area contributed by atoms with Crippen molar-refractivity contribution in [3.63, 3.8) is 0 Å². The van der Waals surface area contributed by atoms with Gasteiger partial charge in [-0.2, -0.15) is 18.4 Å². The number of nitriles is 1. The molecule has 0 aliphatic rings. The molecule has 0 heterocycles. The van der Waals surface area contributed by atoms with E-state index >= 15 is 0 Å². The van der Waals surface area contributed by atoms with Crippen LogP contribution in [0.2, 0.25) is 0 Å². The van der Waals surface area contributed by atoms with Gasteiger partial charge in [0.05, 0.1) is 23.6 Å². The van der Waals surface area contributed by atoms with Gasteiger partial charge in [-0.3, -0.25) is 4.79 Å². The molecule has 0 fully saturated rings. The highest BCUT2D eigenvalue weighted by atomic mass is 19.4. The molecule has 0 aromatic heterocycles. The third-order valence-corrected chi connectivity index (χ3v) is 2.50. The van der Waals surface area contributed by atoms with Crippen molar-refractivity contribution in [1.29, 1.82) is 5.26 Å². The van der Waals surface area contributed by atoms with Crippen molar-refractivity contribution < 1.29 is 23.1 Å². The topological polar surface area (TPSA) is 64.3 Å². The molecule has 0 saturated carbocycles. The standard InChI is InChI=1S/C12H11F3N2O2/c1-17(5-4-11(18)19)10-3-2-8(7-16)6-9(10)12(13,14)15/h2-3,6H,4-5H2,1H3,(H,18,19). The molecule has 4 nitrogen and oxygen atoms in total. The normalized spacial score (nSPS) is 10.9. The molecular formula is C12H11F3N2O2. The van der Waals surface area contributed by atoms with E-state index in [1.807, 2.05) is 0 Å². The van der Waals surface area contributed by atoms with Gasteiger partial charge in [-0.25, -0.2) is 0 Å². The fourth-order valence-electron chi connectivity index (χ4n) is 1.55. The van der Waals surface area contributed by atoms with Crippen LogP contribution in [0, 0.1) is 11.3 Å². The van der Waals surface area contributed by atoms with E-state index in [2.05, 4.69) is 0 Å². The van der Waals surface area contributed by atoms with Crippen molar-refractivity contribution in [1.82, 2.24) is 0 Å². The molecule has 0 atom stereocenters. The lowest BCUT2D eigenvalue weighted by Gasteiger charge is -2.23. The lowest BCUT2D eigenvalue weighted by Crippen LogP contribution is -2.24. The highest BCUT2D eigenvalue weighted by Gasteiger charge is 2.34. The molecule has 0 aliphatic carbocycles. The van der Waals surface area contributed by atoms with Crippen LogP contribution in [0.15, 0.2) is 18.2 Å². The Morgan fingerprint density at radius 3 is 2.58 bits per heavy atom. The zero-order valence-electron chi connectivity index (χ0n) is 10.0. The summed E-state index contributed by atoms with van der Waals surface area (Å²) in [5.74, 6) is -1.09. The van der Waals surface area contributed by atoms with E-state index < -0.39 is 17.7 Å². The summed E-state index contributed by atoms with van der Waals surface area (Å²) in [5, 5.41) is 17.2. The quantitative estimate of drug-likeness (QED) is 0.914. The number of rotatable bonds is 4. The molecule has 0 aliphatic heterocycles. The monoisotopic (exact) mass is 272 g/mol. The molecule has 0 spiro atoms. The second-order valence-electron chi connectivity index (χ2n) is 3.91. The Kier molecular flexibility index (Phi) is 4.38. The average Bonchev–Trinajstić information content (AvgIpc) is 2.34. The number of carbonyl (C=O) groups is 1. The van der Waals surface area contributed by atoms with Gasteiger partial charge in [0.2, 0.25) is 0 Å². The molecule has 102 valence electrons. The first-order valence-electron chi connectivity index (χ1n) is 5.30. The number of benzene rings is 1. The molecule has 1 aromatic rings. The van der Waals surface area contributed by atoms with Crippen LogP contribution in [0.4, 0.5) is 18.9 Å². The Labute approximate surface area is 107 Å². The summed E-state index contributed by atoms with van der Waals surface area (Å²) in [7, 11) is 1.37. The van der Waals surface area contributed by atoms with Crippen LogP contribution in [0.25, 0.3) is 0 Å². The van der Waals surface area contributed by atoms with Gasteiger partial charge in [-0.15, -0.1) is 0 Å². The third-order valence-electron chi connectivity index (χ3n) is 2.50. The van der Waals surface area contributed by atoms with Crippen molar-refractivity contribution in [2.24, 2.45) is 0 Å². The van der Waals surface area contributed by atoms with Crippen LogP contribution in [0.3, 0.4) is 0 Å². The fourth-order valence-corrected chi connectivity index (χ4v) is 1.55. The molecule has 0 radical (unpaired) electrons. The molecule has 0 unspecified atom stereocenters. The van der Waals surface area contributed by atoms with Gasteiger partial charge in [-0.05, 0) is 18.2 Å². The minimum atomic E-state index is -4.60. The lowest BCUT2D eigenvalue weighted by molar-refractivity contribution is -0.137. The Hall–Kier alpha value is -2.23. The van der Waals surface area contributed by atoms with Crippen molar-refractivity contribution >= 4 is 11.7 Å². The molecule has 0 amide bonds. The van der Waals surface area contributed by atoms with Crippen LogP contribution in [0.5, 0.6) is 0 Å². The minimum Gasteiger partial charge on any atom is -0.481 e. The number of carboxylic acid groups (broad SMARTS) is 1. The molecular weight excluding hydrogens is 261 g/mol. The maximum absolute atomic E-state index is 12.9. The molecule has 0 saturated heterocycles. The van der Waals surface area contributed by atoms with E-state index in [4.69, 9.17) is 10.4 Å². The van der Waals surface area contributed by atoms with E-state index in [-0.39, 0.29) is 24.2 Å². The number of hydrogen-bond donors (Lipinski definition) is 1. The van der Waals surface area contributed by atoms with Gasteiger partial charge >= 0.3 is 12.1 Å². The van der Waals surface area contributed by atoms with Gasteiger partial charge in [0.25, 0.3) is 0 Å². The second kappa shape index (κ2) is 5.61. The van der Waals surface area contributed by atoms with Crippen molar-refractivity contribution in [2.75, 3.05) is 18.5 Å². The van der Waals surface area contributed by atoms with Crippen LogP contribution >= 0.6 is 0 Å². The molecule has 1 aromatic carbocycles. The number of alkyl halides is 3. The number of halogens is 3. The van der Waals surface area contributed by atoms with Crippen LogP contribution in [-0.4, -0.2) is 24.7 Å². The van der Waals surface area contributed by atoms with Gasteiger partial charge in [0, 0.05) is 19.3 Å². The van der Waals surface area contributed by atoms with Crippen molar-refractivity contribution in [3.05, 3.63) is 29.3 Å². The summed E-state index contributed by atoms with van der Waals surface area (Å²) < 4.78 is 38.6. The summed E-state index contributed by atoms with van der Waals surface area (Å²) in [6.07, 6.45) is -4.87. The molecule has 7 heteroatoms. The number of nitrogens with zero attached hydrogens (tertiary/aromatic N) is 2. The highest BCUT2D eigenvalue weighted by molar-refractivity contribution is 5.68. The smallest absolute Gasteiger partial charge is 0.418 e. The van der Waals surface area contributed by atoms with Gasteiger partial charge < -0.3 is 10.0 Å². The van der Waals surface area contributed by atoms with Crippen LogP contribution < -0.4 is 4.90 Å². The van der Waals surface area contributed by atoms with Crippen molar-refractivity contribution in [2.45, 2.75) is 12.6 Å². The number of carboxylic acids is 1. The first kappa shape index (κ1) is 14.8. The number of hydrogen-bond acceptors (Lipinski definition) is 3. The second-order valence-corrected chi connectivity index (χ2v) is 3.91. The molecule has 19 heavy (non-hydrogen) atoms. The third kappa shape index (κ3) is 3.88. The highest BCUT2D eigenvalue weighted by Crippen LogP contribution is 2.36. The SMILES string of the molecule is CN(CCC(=O)O)c1ccc(C#N)cc1C(F)(F)F. The van der Waals surface area contributed by atoms with Crippen molar-refractivity contribution in [3.8, 4) is 6.07 Å². The predicted octanol–water partition coefficient (Wildman–Crippen LogP) is 2.49. The van der Waals surface area contributed by atoms with Gasteiger partial charge in [0.15, 0.2) is 0 Å². The Balaban J connectivity index is 3.13. The summed E-state index contributed by atoms with van der Waals surface area (Å²) in [6, 6.07) is 4.84. The minimum absolute atomic E-state index is 0.0513. The Morgan fingerprint density at radius 2 is 2.11 bits per heavy atom. The summed E-state index contributed by atoms with van der Waals surface area (Å²) in [6.45, 7) is -0.0513. The molecule has 1 N–H and O–H groups in total. The van der Waals surface area contributed by atoms with E-state index in [0.29, 0.717) is 0 Å². The number of anilines is 1. The van der Waals surface area contributed by atoms with Crippen LogP contribution in [0.1, 0.15) is 17.5 Å². The maximum atomic E-state index is 12.9. The molecule has 0 bridgehead atoms. The predicted molar refractivity (Wildman–Crippen MR) is 61.7 cm³/mol. The largest absolute Gasteiger partial charge is 0.481 e. The molecule has 1 rings (SSSR count). The first-order chi connectivity index (χ1) is 8.75. The van der Waals surface area contributed by atoms with Crippen LogP contribution in [-0.2, 0) is 11.0 Å². The number of aliphatic carboxylic acids is 1. The zero-order valence-corrected chi connectivity index (χ0v) is 10.0. The first-order valence-corrected chi connectivity index (χ1v) is 5.30. The van der Waals surface area contributed by atoms with E-state index in [1.54, 1.807) is 6.07 Å². The summed E-state index contributed by atoms with van der Waals surface area (Å²) >= 11 is 0. The average molecular weight is 272 g/mol. The summed E-state index contributed by atoms with van der Waals surface area (Å²) in [5.41, 5.74) is -1.19. The fraction of sp³-hybridized carbons (Fsp3) is 0.333.